The van der Waals surface area contributed by atoms with Crippen LogP contribution >= 0.6 is 0 Å². The third-order valence-corrected chi connectivity index (χ3v) is 7.77. The summed E-state index contributed by atoms with van der Waals surface area (Å²) >= 11 is 0. The number of benzene rings is 3. The van der Waals surface area contributed by atoms with Crippen LogP contribution in [0.3, 0.4) is 0 Å². The maximum absolute atomic E-state index is 14.4. The molecule has 0 aromatic heterocycles. The number of rotatable bonds is 15. The Kier molecular flexibility index (Phi) is 12.7. The van der Waals surface area contributed by atoms with Gasteiger partial charge in [0.25, 0.3) is 0 Å². The number of nitrogens with two attached hydrogens (primary N) is 1. The van der Waals surface area contributed by atoms with Gasteiger partial charge in [0.05, 0.1) is 18.8 Å². The molecule has 0 aliphatic heterocycles. The van der Waals surface area contributed by atoms with Crippen molar-refractivity contribution in [2.75, 3.05) is 20.7 Å². The largest absolute Gasteiger partial charge is 0.466 e. The number of carbonyl (C=O) groups excluding carboxylic acids is 3. The van der Waals surface area contributed by atoms with Crippen LogP contribution in [0.2, 0.25) is 0 Å². The van der Waals surface area contributed by atoms with Gasteiger partial charge in [-0.15, -0.1) is 0 Å². The van der Waals surface area contributed by atoms with Crippen LogP contribution in [0, 0.1) is 0 Å². The van der Waals surface area contributed by atoms with E-state index in [-0.39, 0.29) is 24.4 Å². The van der Waals surface area contributed by atoms with E-state index in [1.165, 1.54) is 17.9 Å². The first-order chi connectivity index (χ1) is 20.9. The average Bonchev–Trinajstić information content (AvgIpc) is 2.99. The minimum Gasteiger partial charge on any atom is -0.466 e. The molecule has 0 saturated heterocycles. The van der Waals surface area contributed by atoms with Crippen molar-refractivity contribution >= 4 is 28.6 Å². The summed E-state index contributed by atoms with van der Waals surface area (Å²) in [7, 11) is 3.32. The van der Waals surface area contributed by atoms with Crippen LogP contribution in [-0.2, 0) is 32.0 Å². The maximum Gasteiger partial charge on any atom is 0.302 e. The second-order valence-electron chi connectivity index (χ2n) is 12.2. The molecule has 8 nitrogen and oxygen atoms in total. The molecule has 0 radical (unpaired) electrons. The van der Waals surface area contributed by atoms with Crippen molar-refractivity contribution in [2.24, 2.45) is 5.73 Å². The molecule has 3 rings (SSSR count). The molecular formula is C36H47N3O5. The summed E-state index contributed by atoms with van der Waals surface area (Å²) in [5, 5.41) is 13.5. The normalized spacial score (nSPS) is 13.8. The number of carbonyl (C=O) groups is 3. The molecule has 8 heteroatoms. The zero-order valence-corrected chi connectivity index (χ0v) is 26.6. The van der Waals surface area contributed by atoms with E-state index < -0.39 is 23.7 Å². The van der Waals surface area contributed by atoms with Crippen molar-refractivity contribution in [3.63, 3.8) is 0 Å². The Morgan fingerprint density at radius 3 is 2.23 bits per heavy atom. The fourth-order valence-electron chi connectivity index (χ4n) is 5.20. The van der Waals surface area contributed by atoms with Crippen LogP contribution in [0.15, 0.2) is 84.9 Å². The Morgan fingerprint density at radius 2 is 1.57 bits per heavy atom. The van der Waals surface area contributed by atoms with Crippen LogP contribution < -0.4 is 5.73 Å². The van der Waals surface area contributed by atoms with Crippen LogP contribution in [-0.4, -0.2) is 77.1 Å². The average molecular weight is 602 g/mol. The van der Waals surface area contributed by atoms with Crippen molar-refractivity contribution < 1.29 is 24.2 Å². The fourth-order valence-corrected chi connectivity index (χ4v) is 5.20. The van der Waals surface area contributed by atoms with E-state index in [1.54, 1.807) is 25.1 Å². The molecule has 0 saturated carbocycles. The van der Waals surface area contributed by atoms with Crippen LogP contribution in [0.25, 0.3) is 10.8 Å². The zero-order valence-electron chi connectivity index (χ0n) is 26.6. The van der Waals surface area contributed by atoms with E-state index in [0.717, 1.165) is 21.9 Å². The van der Waals surface area contributed by atoms with E-state index in [9.17, 15) is 19.5 Å². The summed E-state index contributed by atoms with van der Waals surface area (Å²) < 4.78 is 5.06. The maximum atomic E-state index is 14.4. The molecule has 0 heterocycles. The van der Waals surface area contributed by atoms with Crippen LogP contribution in [0.4, 0.5) is 0 Å². The van der Waals surface area contributed by atoms with Gasteiger partial charge in [-0.3, -0.25) is 14.4 Å². The number of fused-ring (bicyclic) bond motifs is 1. The second kappa shape index (κ2) is 16.2. The Bertz CT molecular complexity index is 1420. The Hall–Kier alpha value is -4.01. The third-order valence-electron chi connectivity index (χ3n) is 7.77. The number of hydrogen-bond acceptors (Lipinski definition) is 6. The number of amides is 2. The van der Waals surface area contributed by atoms with Gasteiger partial charge in [-0.1, -0.05) is 78.9 Å². The van der Waals surface area contributed by atoms with Gasteiger partial charge in [0.1, 0.15) is 6.04 Å². The first-order valence-electron chi connectivity index (χ1n) is 15.2. The number of esters is 1. The summed E-state index contributed by atoms with van der Waals surface area (Å²) in [6.45, 7) is 5.31. The minimum atomic E-state index is -0.881. The molecule has 2 amide bonds. The van der Waals surface area contributed by atoms with Crippen molar-refractivity contribution in [1.82, 2.24) is 9.80 Å². The van der Waals surface area contributed by atoms with E-state index in [4.69, 9.17) is 10.5 Å². The monoisotopic (exact) mass is 601 g/mol. The molecule has 3 unspecified atom stereocenters. The summed E-state index contributed by atoms with van der Waals surface area (Å²) in [6.07, 6.45) is 4.35. The molecule has 0 spiro atoms. The van der Waals surface area contributed by atoms with Crippen molar-refractivity contribution in [3.05, 3.63) is 96.1 Å². The van der Waals surface area contributed by atoms with Gasteiger partial charge in [-0.2, -0.15) is 0 Å². The molecule has 0 aliphatic rings. The highest BCUT2D eigenvalue weighted by atomic mass is 16.5. The molecule has 3 aromatic rings. The van der Waals surface area contributed by atoms with Crippen LogP contribution in [0.1, 0.15) is 51.2 Å². The lowest BCUT2D eigenvalue weighted by atomic mass is 9.95. The van der Waals surface area contributed by atoms with Gasteiger partial charge in [-0.05, 0) is 67.5 Å². The number of aliphatic hydroxyl groups excluding tert-OH is 1. The SMILES string of the molecule is CC(=O)OCCCC(O)C(Cc1ccccc1)N(C)C(=O)C(Cc1ccc2ccccc2c1)N(C)C(=O)/C=C/CC(C)(C)N. The quantitative estimate of drug-likeness (QED) is 0.149. The molecular weight excluding hydrogens is 554 g/mol. The summed E-state index contributed by atoms with van der Waals surface area (Å²) in [5.74, 6) is -0.953. The van der Waals surface area contributed by atoms with E-state index in [1.807, 2.05) is 86.6 Å². The standard InChI is InChI=1S/C36H47N3O5/c1-26(40)44-22-12-17-33(41)31(24-27-13-7-6-8-14-27)39(5)35(43)32(38(4)34(42)18-11-21-36(2,3)37)25-28-19-20-29-15-9-10-16-30(29)23-28/h6-11,13-16,18-20,23,31-33,41H,12,17,21-22,24-25,37H2,1-5H3/b18-11+. The number of aliphatic hydroxyl groups is 1. The molecule has 3 N–H and O–H groups in total. The lowest BCUT2D eigenvalue weighted by molar-refractivity contribution is -0.145. The van der Waals surface area contributed by atoms with Gasteiger partial charge >= 0.3 is 5.97 Å². The highest BCUT2D eigenvalue weighted by Crippen LogP contribution is 2.22. The predicted molar refractivity (Wildman–Crippen MR) is 175 cm³/mol. The molecule has 236 valence electrons. The summed E-state index contributed by atoms with van der Waals surface area (Å²) in [6, 6.07) is 22.4. The summed E-state index contributed by atoms with van der Waals surface area (Å²) in [5.41, 5.74) is 7.52. The number of likely N-dealkylation sites (N-methyl/N-ethyl adjacent to an activating group) is 2. The molecule has 3 atom stereocenters. The topological polar surface area (TPSA) is 113 Å². The van der Waals surface area contributed by atoms with Crippen molar-refractivity contribution in [3.8, 4) is 0 Å². The lowest BCUT2D eigenvalue weighted by Gasteiger charge is -2.37. The van der Waals surface area contributed by atoms with Gasteiger partial charge in [0, 0.05) is 33.0 Å². The van der Waals surface area contributed by atoms with Gasteiger partial charge < -0.3 is 25.4 Å². The molecule has 0 fully saturated rings. The Balaban J connectivity index is 1.92. The van der Waals surface area contributed by atoms with Gasteiger partial charge in [0.15, 0.2) is 0 Å². The minimum absolute atomic E-state index is 0.190. The molecule has 0 bridgehead atoms. The highest BCUT2D eigenvalue weighted by Gasteiger charge is 2.34. The predicted octanol–water partition coefficient (Wildman–Crippen LogP) is 4.67. The molecule has 0 aliphatic carbocycles. The fraction of sp³-hybridized carbons (Fsp3) is 0.417. The Morgan fingerprint density at radius 1 is 0.909 bits per heavy atom. The number of ether oxygens (including phenoxy) is 1. The smallest absolute Gasteiger partial charge is 0.302 e. The second-order valence-corrected chi connectivity index (χ2v) is 12.2. The number of nitrogens with zero attached hydrogens (tertiary/aromatic N) is 2. The lowest BCUT2D eigenvalue weighted by Crippen LogP contribution is -2.54. The first-order valence-corrected chi connectivity index (χ1v) is 15.2. The highest BCUT2D eigenvalue weighted by molar-refractivity contribution is 5.93. The molecule has 44 heavy (non-hydrogen) atoms. The van der Waals surface area contributed by atoms with E-state index in [2.05, 4.69) is 0 Å². The van der Waals surface area contributed by atoms with Gasteiger partial charge in [-0.25, -0.2) is 0 Å². The van der Waals surface area contributed by atoms with E-state index >= 15 is 0 Å². The third kappa shape index (κ3) is 10.6. The molecule has 3 aromatic carbocycles. The van der Waals surface area contributed by atoms with E-state index in [0.29, 0.717) is 32.1 Å². The van der Waals surface area contributed by atoms with Gasteiger partial charge in [0.2, 0.25) is 11.8 Å². The summed E-state index contributed by atoms with van der Waals surface area (Å²) in [4.78, 5) is 42.0. The number of hydrogen-bond donors (Lipinski definition) is 2. The first kappa shape index (κ1) is 34.5. The van der Waals surface area contributed by atoms with Crippen LogP contribution in [0.5, 0.6) is 0 Å². The van der Waals surface area contributed by atoms with Crippen molar-refractivity contribution in [1.29, 1.82) is 0 Å². The zero-order chi connectivity index (χ0) is 32.3. The Labute approximate surface area is 261 Å². The van der Waals surface area contributed by atoms with Crippen molar-refractivity contribution in [2.45, 2.75) is 76.6 Å².